The van der Waals surface area contributed by atoms with Crippen molar-refractivity contribution in [1.82, 2.24) is 4.90 Å². The SMILES string of the molecule is CCOC(=O)c1ccc(N=C2S[C@H](C(=O)Nc3ccc(C(=O)O)cc3)CC(=O)N2CC)cc1. The molecular formula is C23H23N3O6S. The first-order valence-corrected chi connectivity index (χ1v) is 11.2. The fourth-order valence-corrected chi connectivity index (χ4v) is 4.23. The fourth-order valence-electron chi connectivity index (χ4n) is 3.07. The van der Waals surface area contributed by atoms with Gasteiger partial charge in [-0.15, -0.1) is 0 Å². The Morgan fingerprint density at radius 1 is 1.09 bits per heavy atom. The van der Waals surface area contributed by atoms with E-state index in [-0.39, 0.29) is 30.4 Å². The van der Waals surface area contributed by atoms with Crippen molar-refractivity contribution in [1.29, 1.82) is 0 Å². The van der Waals surface area contributed by atoms with Gasteiger partial charge in [-0.1, -0.05) is 11.8 Å². The summed E-state index contributed by atoms with van der Waals surface area (Å²) in [5.41, 5.74) is 1.47. The van der Waals surface area contributed by atoms with Gasteiger partial charge in [-0.3, -0.25) is 14.5 Å². The number of esters is 1. The maximum Gasteiger partial charge on any atom is 0.338 e. The molecule has 0 aliphatic carbocycles. The van der Waals surface area contributed by atoms with Gasteiger partial charge in [0.2, 0.25) is 11.8 Å². The molecule has 33 heavy (non-hydrogen) atoms. The Labute approximate surface area is 194 Å². The van der Waals surface area contributed by atoms with E-state index in [1.807, 2.05) is 6.92 Å². The average Bonchev–Trinajstić information content (AvgIpc) is 2.80. The van der Waals surface area contributed by atoms with Gasteiger partial charge in [-0.05, 0) is 62.4 Å². The van der Waals surface area contributed by atoms with Crippen LogP contribution in [0, 0.1) is 0 Å². The van der Waals surface area contributed by atoms with E-state index >= 15 is 0 Å². The van der Waals surface area contributed by atoms with Crippen LogP contribution in [0.2, 0.25) is 0 Å². The lowest BCUT2D eigenvalue weighted by Crippen LogP contribution is -2.45. The highest BCUT2D eigenvalue weighted by atomic mass is 32.2. The summed E-state index contributed by atoms with van der Waals surface area (Å²) in [6.07, 6.45) is 0.0123. The number of benzene rings is 2. The van der Waals surface area contributed by atoms with Crippen molar-refractivity contribution in [2.45, 2.75) is 25.5 Å². The van der Waals surface area contributed by atoms with Gasteiger partial charge >= 0.3 is 11.9 Å². The molecule has 9 nitrogen and oxygen atoms in total. The topological polar surface area (TPSA) is 125 Å². The second kappa shape index (κ2) is 10.8. The molecule has 0 saturated carbocycles. The molecule has 1 atom stereocenters. The lowest BCUT2D eigenvalue weighted by atomic mass is 10.2. The first-order chi connectivity index (χ1) is 15.8. The summed E-state index contributed by atoms with van der Waals surface area (Å²) >= 11 is 1.17. The highest BCUT2D eigenvalue weighted by Crippen LogP contribution is 2.30. The molecule has 172 valence electrons. The molecule has 2 aromatic rings. The zero-order valence-corrected chi connectivity index (χ0v) is 18.9. The van der Waals surface area contributed by atoms with E-state index in [0.29, 0.717) is 28.7 Å². The number of rotatable bonds is 7. The monoisotopic (exact) mass is 469 g/mol. The normalized spacial score (nSPS) is 17.0. The van der Waals surface area contributed by atoms with Crippen LogP contribution in [0.3, 0.4) is 0 Å². The van der Waals surface area contributed by atoms with Crippen molar-refractivity contribution >= 4 is 52.1 Å². The number of amides is 2. The maximum atomic E-state index is 12.8. The lowest BCUT2D eigenvalue weighted by Gasteiger charge is -2.30. The predicted molar refractivity (Wildman–Crippen MR) is 125 cm³/mol. The van der Waals surface area contributed by atoms with Crippen LogP contribution >= 0.6 is 11.8 Å². The number of amidine groups is 1. The Morgan fingerprint density at radius 3 is 2.30 bits per heavy atom. The summed E-state index contributed by atoms with van der Waals surface area (Å²) in [6.45, 7) is 4.23. The van der Waals surface area contributed by atoms with Gasteiger partial charge in [0.25, 0.3) is 0 Å². The summed E-state index contributed by atoms with van der Waals surface area (Å²) in [5.74, 6) is -2.09. The van der Waals surface area contributed by atoms with Crippen LogP contribution in [-0.2, 0) is 14.3 Å². The van der Waals surface area contributed by atoms with Crippen molar-refractivity contribution < 1.29 is 29.0 Å². The van der Waals surface area contributed by atoms with Gasteiger partial charge in [0.05, 0.1) is 23.4 Å². The number of anilines is 1. The van der Waals surface area contributed by atoms with E-state index in [4.69, 9.17) is 9.84 Å². The van der Waals surface area contributed by atoms with Crippen molar-refractivity contribution in [2.24, 2.45) is 4.99 Å². The molecule has 0 bridgehead atoms. The largest absolute Gasteiger partial charge is 0.478 e. The highest BCUT2D eigenvalue weighted by molar-refractivity contribution is 8.15. The van der Waals surface area contributed by atoms with E-state index in [1.54, 1.807) is 31.2 Å². The number of hydrogen-bond acceptors (Lipinski definition) is 7. The molecule has 10 heteroatoms. The molecule has 1 aliphatic rings. The van der Waals surface area contributed by atoms with Crippen LogP contribution in [0.1, 0.15) is 41.0 Å². The van der Waals surface area contributed by atoms with Gasteiger partial charge in [-0.2, -0.15) is 0 Å². The number of nitrogens with one attached hydrogen (secondary N) is 1. The first kappa shape index (κ1) is 24.0. The van der Waals surface area contributed by atoms with E-state index in [9.17, 15) is 19.2 Å². The molecule has 0 radical (unpaired) electrons. The quantitative estimate of drug-likeness (QED) is 0.594. The van der Waals surface area contributed by atoms with Crippen LogP contribution in [0.25, 0.3) is 0 Å². The highest BCUT2D eigenvalue weighted by Gasteiger charge is 2.35. The molecule has 0 spiro atoms. The number of carboxylic acids is 1. The van der Waals surface area contributed by atoms with Gasteiger partial charge < -0.3 is 15.2 Å². The minimum absolute atomic E-state index is 0.0123. The number of hydrogen-bond donors (Lipinski definition) is 2. The molecule has 3 rings (SSSR count). The van der Waals surface area contributed by atoms with Crippen molar-refractivity contribution in [3.05, 3.63) is 59.7 Å². The summed E-state index contributed by atoms with van der Waals surface area (Å²) in [5, 5.41) is 11.4. The summed E-state index contributed by atoms with van der Waals surface area (Å²) in [7, 11) is 0. The average molecular weight is 470 g/mol. The Bertz CT molecular complexity index is 1080. The Hall–Kier alpha value is -3.66. The number of carboxylic acid groups (broad SMARTS) is 1. The molecular weight excluding hydrogens is 446 g/mol. The van der Waals surface area contributed by atoms with Gasteiger partial charge in [0, 0.05) is 18.7 Å². The number of aliphatic imine (C=N–C) groups is 1. The fraction of sp³-hybridized carbons (Fsp3) is 0.261. The molecule has 2 N–H and O–H groups in total. The van der Waals surface area contributed by atoms with Crippen LogP contribution < -0.4 is 5.32 Å². The number of aromatic carboxylic acids is 1. The van der Waals surface area contributed by atoms with Crippen LogP contribution in [0.15, 0.2) is 53.5 Å². The molecule has 2 aromatic carbocycles. The van der Waals surface area contributed by atoms with Gasteiger partial charge in [0.15, 0.2) is 5.17 Å². The predicted octanol–water partition coefficient (Wildman–Crippen LogP) is 3.54. The number of thioether (sulfide) groups is 1. The van der Waals surface area contributed by atoms with Gasteiger partial charge in [0.1, 0.15) is 5.25 Å². The van der Waals surface area contributed by atoms with Gasteiger partial charge in [-0.25, -0.2) is 14.6 Å². The van der Waals surface area contributed by atoms with E-state index in [0.717, 1.165) is 0 Å². The van der Waals surface area contributed by atoms with Crippen molar-refractivity contribution in [2.75, 3.05) is 18.5 Å². The minimum atomic E-state index is -1.06. The molecule has 1 aliphatic heterocycles. The smallest absolute Gasteiger partial charge is 0.338 e. The molecule has 2 amide bonds. The van der Waals surface area contributed by atoms with Crippen molar-refractivity contribution in [3.63, 3.8) is 0 Å². The zero-order valence-electron chi connectivity index (χ0n) is 18.1. The third-order valence-corrected chi connectivity index (χ3v) is 5.94. The Balaban J connectivity index is 1.76. The lowest BCUT2D eigenvalue weighted by molar-refractivity contribution is -0.129. The number of carbonyl (C=O) groups excluding carboxylic acids is 3. The summed E-state index contributed by atoms with van der Waals surface area (Å²) < 4.78 is 4.97. The molecule has 0 aromatic heterocycles. The maximum absolute atomic E-state index is 12.8. The molecule has 1 fully saturated rings. The van der Waals surface area contributed by atoms with E-state index in [1.165, 1.54) is 40.9 Å². The number of carbonyl (C=O) groups is 4. The molecule has 1 saturated heterocycles. The number of ether oxygens (including phenoxy) is 1. The standard InChI is InChI=1S/C23H23N3O6S/c1-3-26-19(27)13-18(20(28)24-16-9-5-14(6-10-16)21(29)30)33-23(26)25-17-11-7-15(8-12-17)22(31)32-4-2/h5-12,18H,3-4,13H2,1-2H3,(H,24,28)(H,29,30)/t18-/m0/s1. The minimum Gasteiger partial charge on any atom is -0.478 e. The molecule has 0 unspecified atom stereocenters. The second-order valence-electron chi connectivity index (χ2n) is 6.98. The second-order valence-corrected chi connectivity index (χ2v) is 8.15. The van der Waals surface area contributed by atoms with E-state index < -0.39 is 17.2 Å². The van der Waals surface area contributed by atoms with Crippen molar-refractivity contribution in [3.8, 4) is 0 Å². The van der Waals surface area contributed by atoms with Crippen LogP contribution in [-0.4, -0.2) is 57.3 Å². The summed E-state index contributed by atoms with van der Waals surface area (Å²) in [6, 6.07) is 12.2. The Kier molecular flexibility index (Phi) is 7.83. The third-order valence-electron chi connectivity index (χ3n) is 4.75. The van der Waals surface area contributed by atoms with E-state index in [2.05, 4.69) is 10.3 Å². The van der Waals surface area contributed by atoms with Crippen LogP contribution in [0.4, 0.5) is 11.4 Å². The third kappa shape index (κ3) is 5.98. The number of nitrogens with zero attached hydrogens (tertiary/aromatic N) is 2. The molecule has 1 heterocycles. The zero-order chi connectivity index (χ0) is 24.0. The summed E-state index contributed by atoms with van der Waals surface area (Å²) in [4.78, 5) is 54.3. The Morgan fingerprint density at radius 2 is 1.73 bits per heavy atom. The first-order valence-electron chi connectivity index (χ1n) is 10.3. The van der Waals surface area contributed by atoms with Crippen LogP contribution in [0.5, 0.6) is 0 Å².